The number of benzene rings is 1. The van der Waals surface area contributed by atoms with Crippen molar-refractivity contribution in [2.24, 2.45) is 4.99 Å². The van der Waals surface area contributed by atoms with E-state index in [4.69, 9.17) is 0 Å². The summed E-state index contributed by atoms with van der Waals surface area (Å²) >= 11 is 0. The molecule has 0 amide bonds. The highest BCUT2D eigenvalue weighted by molar-refractivity contribution is 14.0. The molecule has 1 atom stereocenters. The molecule has 1 aromatic carbocycles. The smallest absolute Gasteiger partial charge is 0.191 e. The van der Waals surface area contributed by atoms with Gasteiger partial charge in [0, 0.05) is 13.1 Å². The van der Waals surface area contributed by atoms with Crippen molar-refractivity contribution in [3.05, 3.63) is 35.9 Å². The zero-order valence-electron chi connectivity index (χ0n) is 10.5. The van der Waals surface area contributed by atoms with Gasteiger partial charge in [-0.2, -0.15) is 0 Å². The summed E-state index contributed by atoms with van der Waals surface area (Å²) in [4.78, 5) is 4.31. The summed E-state index contributed by atoms with van der Waals surface area (Å²) in [5, 5.41) is 16.7. The Hall–Kier alpha value is -0.820. The Kier molecular flexibility index (Phi) is 5.87. The van der Waals surface area contributed by atoms with Crippen LogP contribution in [-0.4, -0.2) is 30.7 Å². The fraction of sp³-hybridized carbons (Fsp3) is 0.462. The Balaban J connectivity index is 0.00000162. The van der Waals surface area contributed by atoms with Gasteiger partial charge in [-0.3, -0.25) is 4.99 Å². The van der Waals surface area contributed by atoms with Crippen LogP contribution in [0.15, 0.2) is 35.3 Å². The number of hydrogen-bond donors (Lipinski definition) is 3. The Bertz CT molecular complexity index is 392. The average Bonchev–Trinajstić information content (AvgIpc) is 2.39. The molecule has 2 rings (SSSR count). The van der Waals surface area contributed by atoms with Crippen LogP contribution in [0.3, 0.4) is 0 Å². The molecule has 1 aromatic rings. The Morgan fingerprint density at radius 2 is 2.11 bits per heavy atom. The molecule has 0 fully saturated rings. The van der Waals surface area contributed by atoms with E-state index in [9.17, 15) is 5.11 Å². The van der Waals surface area contributed by atoms with Gasteiger partial charge >= 0.3 is 0 Å². The molecule has 1 heterocycles. The van der Waals surface area contributed by atoms with E-state index < -0.39 is 5.60 Å². The Morgan fingerprint density at radius 1 is 1.39 bits per heavy atom. The van der Waals surface area contributed by atoms with Crippen molar-refractivity contribution in [2.45, 2.75) is 18.9 Å². The summed E-state index contributed by atoms with van der Waals surface area (Å²) in [6.45, 7) is 4.05. The van der Waals surface area contributed by atoms with Crippen LogP contribution in [0.1, 0.15) is 18.9 Å². The van der Waals surface area contributed by atoms with Crippen LogP contribution in [-0.2, 0) is 5.60 Å². The van der Waals surface area contributed by atoms with E-state index in [0.29, 0.717) is 6.54 Å². The number of nitrogens with one attached hydrogen (secondary N) is 2. The van der Waals surface area contributed by atoms with Gasteiger partial charge in [0.25, 0.3) is 0 Å². The van der Waals surface area contributed by atoms with Crippen molar-refractivity contribution in [3.8, 4) is 0 Å². The summed E-state index contributed by atoms with van der Waals surface area (Å²) in [6, 6.07) is 9.66. The molecule has 5 heteroatoms. The first kappa shape index (κ1) is 15.2. The van der Waals surface area contributed by atoms with E-state index in [1.54, 1.807) is 6.92 Å². The highest BCUT2D eigenvalue weighted by atomic mass is 127. The van der Waals surface area contributed by atoms with Crippen LogP contribution >= 0.6 is 24.0 Å². The van der Waals surface area contributed by atoms with E-state index in [1.807, 2.05) is 30.3 Å². The second kappa shape index (κ2) is 6.94. The largest absolute Gasteiger partial charge is 0.384 e. The lowest BCUT2D eigenvalue weighted by Crippen LogP contribution is -2.46. The lowest BCUT2D eigenvalue weighted by molar-refractivity contribution is 0.0616. The molecule has 3 N–H and O–H groups in total. The number of guanidine groups is 1. The van der Waals surface area contributed by atoms with E-state index in [-0.39, 0.29) is 24.0 Å². The number of aliphatic imine (C=N–C) groups is 1. The molecule has 4 nitrogen and oxygen atoms in total. The van der Waals surface area contributed by atoms with Crippen LogP contribution in [0.4, 0.5) is 0 Å². The minimum absolute atomic E-state index is 0. The molecule has 0 aromatic heterocycles. The van der Waals surface area contributed by atoms with E-state index in [2.05, 4.69) is 15.6 Å². The lowest BCUT2D eigenvalue weighted by Gasteiger charge is -2.26. The molecule has 0 saturated carbocycles. The summed E-state index contributed by atoms with van der Waals surface area (Å²) in [5.74, 6) is 0.785. The third-order valence-electron chi connectivity index (χ3n) is 2.89. The van der Waals surface area contributed by atoms with Gasteiger partial charge in [-0.15, -0.1) is 24.0 Å². The zero-order valence-corrected chi connectivity index (χ0v) is 12.8. The molecule has 100 valence electrons. The highest BCUT2D eigenvalue weighted by Gasteiger charge is 2.23. The van der Waals surface area contributed by atoms with E-state index >= 15 is 0 Å². The maximum absolute atomic E-state index is 10.4. The SMILES string of the molecule is CC(O)(CNC1=NCCCN1)c1ccccc1.I. The monoisotopic (exact) mass is 361 g/mol. The van der Waals surface area contributed by atoms with E-state index in [1.165, 1.54) is 0 Å². The number of nitrogens with zero attached hydrogens (tertiary/aromatic N) is 1. The van der Waals surface area contributed by atoms with Gasteiger partial charge in [-0.1, -0.05) is 30.3 Å². The number of rotatable bonds is 3. The van der Waals surface area contributed by atoms with Crippen LogP contribution in [0.2, 0.25) is 0 Å². The Labute approximate surface area is 125 Å². The third-order valence-corrected chi connectivity index (χ3v) is 2.89. The number of hydrogen-bond acceptors (Lipinski definition) is 4. The Morgan fingerprint density at radius 3 is 2.72 bits per heavy atom. The fourth-order valence-electron chi connectivity index (χ4n) is 1.81. The van der Waals surface area contributed by atoms with Gasteiger partial charge < -0.3 is 15.7 Å². The maximum atomic E-state index is 10.4. The number of aliphatic hydroxyl groups is 1. The molecule has 0 bridgehead atoms. The van der Waals surface area contributed by atoms with Crippen molar-refractivity contribution in [3.63, 3.8) is 0 Å². The molecule has 0 spiro atoms. The molecule has 1 aliphatic heterocycles. The van der Waals surface area contributed by atoms with Crippen LogP contribution in [0, 0.1) is 0 Å². The first-order chi connectivity index (χ1) is 8.18. The molecule has 0 aliphatic carbocycles. The first-order valence-corrected chi connectivity index (χ1v) is 5.98. The lowest BCUT2D eigenvalue weighted by atomic mass is 9.96. The van der Waals surface area contributed by atoms with Crippen molar-refractivity contribution < 1.29 is 5.11 Å². The minimum Gasteiger partial charge on any atom is -0.384 e. The van der Waals surface area contributed by atoms with Crippen LogP contribution < -0.4 is 10.6 Å². The second-order valence-electron chi connectivity index (χ2n) is 4.50. The second-order valence-corrected chi connectivity index (χ2v) is 4.50. The molecule has 18 heavy (non-hydrogen) atoms. The van der Waals surface area contributed by atoms with Crippen molar-refractivity contribution >= 4 is 29.9 Å². The van der Waals surface area contributed by atoms with Gasteiger partial charge in [0.05, 0.1) is 6.54 Å². The molecule has 0 saturated heterocycles. The van der Waals surface area contributed by atoms with Crippen LogP contribution in [0.25, 0.3) is 0 Å². The topological polar surface area (TPSA) is 56.6 Å². The van der Waals surface area contributed by atoms with Crippen LogP contribution in [0.5, 0.6) is 0 Å². The summed E-state index contributed by atoms with van der Waals surface area (Å²) in [6.07, 6.45) is 1.07. The summed E-state index contributed by atoms with van der Waals surface area (Å²) in [7, 11) is 0. The van der Waals surface area contributed by atoms with Gasteiger partial charge in [0.15, 0.2) is 5.96 Å². The minimum atomic E-state index is -0.886. The predicted molar refractivity (Wildman–Crippen MR) is 84.4 cm³/mol. The number of halogens is 1. The van der Waals surface area contributed by atoms with Crippen molar-refractivity contribution in [1.29, 1.82) is 0 Å². The fourth-order valence-corrected chi connectivity index (χ4v) is 1.81. The molecular formula is C13H20IN3O. The quantitative estimate of drug-likeness (QED) is 0.715. The molecule has 0 radical (unpaired) electrons. The molecule has 1 aliphatic rings. The highest BCUT2D eigenvalue weighted by Crippen LogP contribution is 2.18. The van der Waals surface area contributed by atoms with Crippen molar-refractivity contribution in [2.75, 3.05) is 19.6 Å². The molecule has 1 unspecified atom stereocenters. The standard InChI is InChI=1S/C13H19N3O.HI/c1-13(17,11-6-3-2-4-7-11)10-16-12-14-8-5-9-15-12;/h2-4,6-7,17H,5,8-10H2,1H3,(H2,14,15,16);1H. The van der Waals surface area contributed by atoms with Crippen molar-refractivity contribution in [1.82, 2.24) is 10.6 Å². The summed E-state index contributed by atoms with van der Waals surface area (Å²) < 4.78 is 0. The first-order valence-electron chi connectivity index (χ1n) is 5.98. The molecular weight excluding hydrogens is 341 g/mol. The predicted octanol–water partition coefficient (Wildman–Crippen LogP) is 1.45. The third kappa shape index (κ3) is 4.13. The zero-order chi connectivity index (χ0) is 12.1. The van der Waals surface area contributed by atoms with Gasteiger partial charge in [0.2, 0.25) is 0 Å². The van der Waals surface area contributed by atoms with Gasteiger partial charge in [-0.25, -0.2) is 0 Å². The normalized spacial score (nSPS) is 17.8. The maximum Gasteiger partial charge on any atom is 0.191 e. The summed E-state index contributed by atoms with van der Waals surface area (Å²) in [5.41, 5.74) is 0.0204. The van der Waals surface area contributed by atoms with Gasteiger partial charge in [-0.05, 0) is 18.9 Å². The van der Waals surface area contributed by atoms with E-state index in [0.717, 1.165) is 31.0 Å². The van der Waals surface area contributed by atoms with Gasteiger partial charge in [0.1, 0.15) is 5.60 Å². The average molecular weight is 361 g/mol.